The van der Waals surface area contributed by atoms with E-state index in [1.165, 1.54) is 18.5 Å². The fourth-order valence-corrected chi connectivity index (χ4v) is 3.14. The minimum atomic E-state index is 0.691. The van der Waals surface area contributed by atoms with Gasteiger partial charge in [0.1, 0.15) is 0 Å². The molecule has 0 aliphatic carbocycles. The molecule has 3 rings (SSSR count). The van der Waals surface area contributed by atoms with Gasteiger partial charge in [-0.15, -0.1) is 0 Å². The Morgan fingerprint density at radius 2 is 1.84 bits per heavy atom. The SMILES string of the molecule is Brc1ccc(N2CCC(N3C=CCNC3)CC2)cc1. The third-order valence-electron chi connectivity index (χ3n) is 3.98. The van der Waals surface area contributed by atoms with Gasteiger partial charge < -0.3 is 9.80 Å². The molecular formula is C15H20BrN3. The molecule has 102 valence electrons. The summed E-state index contributed by atoms with van der Waals surface area (Å²) >= 11 is 3.49. The molecule has 0 unspecified atom stereocenters. The van der Waals surface area contributed by atoms with Crippen molar-refractivity contribution in [2.75, 3.05) is 31.2 Å². The summed E-state index contributed by atoms with van der Waals surface area (Å²) in [7, 11) is 0. The number of nitrogens with zero attached hydrogens (tertiary/aromatic N) is 2. The van der Waals surface area contributed by atoms with E-state index in [1.54, 1.807) is 0 Å². The number of rotatable bonds is 2. The van der Waals surface area contributed by atoms with Gasteiger partial charge in [-0.3, -0.25) is 5.32 Å². The molecule has 4 heteroatoms. The summed E-state index contributed by atoms with van der Waals surface area (Å²) in [5, 5.41) is 3.40. The molecule has 0 spiro atoms. The van der Waals surface area contributed by atoms with E-state index >= 15 is 0 Å². The quantitative estimate of drug-likeness (QED) is 0.903. The molecule has 0 bridgehead atoms. The van der Waals surface area contributed by atoms with Crippen LogP contribution in [-0.4, -0.2) is 37.2 Å². The molecule has 0 aromatic heterocycles. The van der Waals surface area contributed by atoms with E-state index in [9.17, 15) is 0 Å². The standard InChI is InChI=1S/C15H20BrN3/c16-13-2-4-14(5-3-13)18-10-6-15(7-11-18)19-9-1-8-17-12-19/h1-5,9,15,17H,6-8,10-12H2. The summed E-state index contributed by atoms with van der Waals surface area (Å²) in [5.74, 6) is 0. The van der Waals surface area contributed by atoms with Crippen molar-refractivity contribution in [3.05, 3.63) is 41.0 Å². The van der Waals surface area contributed by atoms with Crippen LogP contribution < -0.4 is 10.2 Å². The van der Waals surface area contributed by atoms with Crippen molar-refractivity contribution in [2.45, 2.75) is 18.9 Å². The Kier molecular flexibility index (Phi) is 4.09. The van der Waals surface area contributed by atoms with E-state index in [2.05, 4.69) is 67.6 Å². The summed E-state index contributed by atoms with van der Waals surface area (Å²) in [6.45, 7) is 4.31. The molecule has 2 aliphatic heterocycles. The molecule has 1 fully saturated rings. The molecule has 1 aromatic carbocycles. The first kappa shape index (κ1) is 13.0. The number of piperidine rings is 1. The fraction of sp³-hybridized carbons (Fsp3) is 0.467. The van der Waals surface area contributed by atoms with Crippen molar-refractivity contribution >= 4 is 21.6 Å². The van der Waals surface area contributed by atoms with E-state index in [-0.39, 0.29) is 0 Å². The van der Waals surface area contributed by atoms with Gasteiger partial charge >= 0.3 is 0 Å². The molecule has 0 atom stereocenters. The minimum Gasteiger partial charge on any atom is -0.371 e. The van der Waals surface area contributed by atoms with Crippen LogP contribution in [0.15, 0.2) is 41.0 Å². The predicted octanol–water partition coefficient (Wildman–Crippen LogP) is 2.79. The highest BCUT2D eigenvalue weighted by molar-refractivity contribution is 9.10. The Balaban J connectivity index is 1.58. The van der Waals surface area contributed by atoms with Crippen molar-refractivity contribution in [3.63, 3.8) is 0 Å². The van der Waals surface area contributed by atoms with Gasteiger partial charge in [0.05, 0.1) is 6.67 Å². The molecular weight excluding hydrogens is 302 g/mol. The van der Waals surface area contributed by atoms with Crippen LogP contribution in [0, 0.1) is 0 Å². The van der Waals surface area contributed by atoms with Gasteiger partial charge in [-0.1, -0.05) is 22.0 Å². The Labute approximate surface area is 123 Å². The van der Waals surface area contributed by atoms with E-state index in [1.807, 2.05) is 0 Å². The average molecular weight is 322 g/mol. The van der Waals surface area contributed by atoms with E-state index in [0.717, 1.165) is 30.8 Å². The second-order valence-electron chi connectivity index (χ2n) is 5.21. The Bertz CT molecular complexity index is 435. The highest BCUT2D eigenvalue weighted by Gasteiger charge is 2.23. The van der Waals surface area contributed by atoms with Crippen LogP contribution in [0.2, 0.25) is 0 Å². The lowest BCUT2D eigenvalue weighted by molar-refractivity contribution is 0.215. The lowest BCUT2D eigenvalue weighted by atomic mass is 10.0. The highest BCUT2D eigenvalue weighted by Crippen LogP contribution is 2.24. The summed E-state index contributed by atoms with van der Waals surface area (Å²) in [4.78, 5) is 4.94. The highest BCUT2D eigenvalue weighted by atomic mass is 79.9. The van der Waals surface area contributed by atoms with Crippen LogP contribution >= 0.6 is 15.9 Å². The molecule has 2 aliphatic rings. The molecule has 0 radical (unpaired) electrons. The number of benzene rings is 1. The maximum Gasteiger partial charge on any atom is 0.0681 e. The molecule has 2 heterocycles. The average Bonchev–Trinajstić information content (AvgIpc) is 2.49. The largest absolute Gasteiger partial charge is 0.371 e. The summed E-state index contributed by atoms with van der Waals surface area (Å²) in [5.41, 5.74) is 1.34. The topological polar surface area (TPSA) is 18.5 Å². The van der Waals surface area contributed by atoms with Crippen LogP contribution in [0.5, 0.6) is 0 Å². The molecule has 1 aromatic rings. The van der Waals surface area contributed by atoms with Gasteiger partial charge in [0, 0.05) is 35.8 Å². The first-order valence-electron chi connectivity index (χ1n) is 6.96. The molecule has 0 amide bonds. The van der Waals surface area contributed by atoms with Crippen molar-refractivity contribution < 1.29 is 0 Å². The zero-order valence-electron chi connectivity index (χ0n) is 11.1. The number of hydrogen-bond donors (Lipinski definition) is 1. The molecule has 19 heavy (non-hydrogen) atoms. The number of anilines is 1. The minimum absolute atomic E-state index is 0.691. The predicted molar refractivity (Wildman–Crippen MR) is 83.2 cm³/mol. The van der Waals surface area contributed by atoms with Crippen molar-refractivity contribution in [3.8, 4) is 0 Å². The molecule has 1 saturated heterocycles. The molecule has 3 nitrogen and oxygen atoms in total. The fourth-order valence-electron chi connectivity index (χ4n) is 2.88. The van der Waals surface area contributed by atoms with Crippen molar-refractivity contribution in [1.29, 1.82) is 0 Å². The van der Waals surface area contributed by atoms with Gasteiger partial charge in [0.25, 0.3) is 0 Å². The zero-order valence-corrected chi connectivity index (χ0v) is 12.6. The maximum absolute atomic E-state index is 3.49. The molecule has 0 saturated carbocycles. The van der Waals surface area contributed by atoms with E-state index in [0.29, 0.717) is 6.04 Å². The smallest absolute Gasteiger partial charge is 0.0681 e. The van der Waals surface area contributed by atoms with Crippen LogP contribution in [-0.2, 0) is 0 Å². The van der Waals surface area contributed by atoms with Crippen molar-refractivity contribution in [1.82, 2.24) is 10.2 Å². The third kappa shape index (κ3) is 3.12. The number of nitrogens with one attached hydrogen (secondary N) is 1. The monoisotopic (exact) mass is 321 g/mol. The van der Waals surface area contributed by atoms with E-state index in [4.69, 9.17) is 0 Å². The van der Waals surface area contributed by atoms with Gasteiger partial charge in [-0.2, -0.15) is 0 Å². The molecule has 1 N–H and O–H groups in total. The van der Waals surface area contributed by atoms with Gasteiger partial charge in [0.15, 0.2) is 0 Å². The Morgan fingerprint density at radius 1 is 1.11 bits per heavy atom. The van der Waals surface area contributed by atoms with Crippen LogP contribution in [0.25, 0.3) is 0 Å². The number of halogens is 1. The third-order valence-corrected chi connectivity index (χ3v) is 4.51. The number of hydrogen-bond acceptors (Lipinski definition) is 3. The zero-order chi connectivity index (χ0) is 13.1. The van der Waals surface area contributed by atoms with Gasteiger partial charge in [-0.05, 0) is 43.3 Å². The summed E-state index contributed by atoms with van der Waals surface area (Å²) < 4.78 is 1.15. The lowest BCUT2D eigenvalue weighted by Gasteiger charge is -2.40. The van der Waals surface area contributed by atoms with Crippen LogP contribution in [0.1, 0.15) is 12.8 Å². The second-order valence-corrected chi connectivity index (χ2v) is 6.12. The Morgan fingerprint density at radius 3 is 2.47 bits per heavy atom. The van der Waals surface area contributed by atoms with Crippen LogP contribution in [0.4, 0.5) is 5.69 Å². The summed E-state index contributed by atoms with van der Waals surface area (Å²) in [6.07, 6.45) is 6.95. The van der Waals surface area contributed by atoms with Gasteiger partial charge in [-0.25, -0.2) is 0 Å². The van der Waals surface area contributed by atoms with Gasteiger partial charge in [0.2, 0.25) is 0 Å². The van der Waals surface area contributed by atoms with Crippen LogP contribution in [0.3, 0.4) is 0 Å². The first-order valence-corrected chi connectivity index (χ1v) is 7.76. The lowest BCUT2D eigenvalue weighted by Crippen LogP contribution is -2.47. The van der Waals surface area contributed by atoms with Crippen molar-refractivity contribution in [2.24, 2.45) is 0 Å². The maximum atomic E-state index is 3.49. The first-order chi connectivity index (χ1) is 9.33. The van der Waals surface area contributed by atoms with E-state index < -0.39 is 0 Å². The normalized spacial score (nSPS) is 20.9. The second kappa shape index (κ2) is 5.97. The summed E-state index contributed by atoms with van der Waals surface area (Å²) in [6, 6.07) is 9.34. The Hall–Kier alpha value is -1.00.